The maximum Gasteiger partial charge on any atom is 0.228 e. The van der Waals surface area contributed by atoms with Crippen LogP contribution in [0.15, 0.2) is 48.5 Å². The largest absolute Gasteiger partial charge is 0.351 e. The summed E-state index contributed by atoms with van der Waals surface area (Å²) >= 11 is 0. The summed E-state index contributed by atoms with van der Waals surface area (Å²) in [4.78, 5) is 27.4. The molecule has 3 aliphatic rings. The molecule has 0 bridgehead atoms. The third kappa shape index (κ3) is 3.44. The summed E-state index contributed by atoms with van der Waals surface area (Å²) in [5.74, 6) is 0.289. The van der Waals surface area contributed by atoms with Gasteiger partial charge in [0.05, 0.1) is 18.0 Å². The summed E-state index contributed by atoms with van der Waals surface area (Å²) in [6.07, 6.45) is 3.64. The molecule has 0 spiro atoms. The standard InChI is InChI=1S/C24H27N3O2/c1-27-21-9-5-4-8-18(21)19(13-22(27)28)24(29)26-20-12-16-6-2-3-7-17(16)23(20)25-14-15-10-11-15/h2-9,15,19-20,23,25H,10-14H2,1H3,(H,26,29)/t19?,20-,23-/m0/s1. The summed E-state index contributed by atoms with van der Waals surface area (Å²) in [6, 6.07) is 16.3. The van der Waals surface area contributed by atoms with Crippen LogP contribution < -0.4 is 15.5 Å². The predicted molar refractivity (Wildman–Crippen MR) is 113 cm³/mol. The third-order valence-electron chi connectivity index (χ3n) is 6.63. The Morgan fingerprint density at radius 3 is 2.55 bits per heavy atom. The van der Waals surface area contributed by atoms with E-state index in [1.54, 1.807) is 11.9 Å². The molecule has 1 aliphatic heterocycles. The predicted octanol–water partition coefficient (Wildman–Crippen LogP) is 2.92. The van der Waals surface area contributed by atoms with Gasteiger partial charge in [0.1, 0.15) is 0 Å². The fourth-order valence-electron chi connectivity index (χ4n) is 4.76. The lowest BCUT2D eigenvalue weighted by Gasteiger charge is -2.32. The Bertz CT molecular complexity index is 953. The highest BCUT2D eigenvalue weighted by molar-refractivity contribution is 6.02. The van der Waals surface area contributed by atoms with Crippen LogP contribution in [0, 0.1) is 5.92 Å². The first-order chi connectivity index (χ1) is 14.1. The Morgan fingerprint density at radius 1 is 1.03 bits per heavy atom. The van der Waals surface area contributed by atoms with E-state index in [1.807, 2.05) is 24.3 Å². The van der Waals surface area contributed by atoms with Crippen LogP contribution in [-0.4, -0.2) is 31.4 Å². The number of hydrogen-bond donors (Lipinski definition) is 2. The van der Waals surface area contributed by atoms with E-state index in [0.29, 0.717) is 0 Å². The molecule has 5 heteroatoms. The van der Waals surface area contributed by atoms with Gasteiger partial charge in [0.25, 0.3) is 0 Å². The number of amides is 2. The highest BCUT2D eigenvalue weighted by Gasteiger charge is 2.38. The van der Waals surface area contributed by atoms with Crippen molar-refractivity contribution in [3.63, 3.8) is 0 Å². The molecule has 1 unspecified atom stereocenters. The van der Waals surface area contributed by atoms with Crippen molar-refractivity contribution < 1.29 is 9.59 Å². The molecule has 0 aromatic heterocycles. The van der Waals surface area contributed by atoms with Gasteiger partial charge in [0.15, 0.2) is 0 Å². The Labute approximate surface area is 171 Å². The normalized spacial score (nSPS) is 25.5. The average molecular weight is 389 g/mol. The van der Waals surface area contributed by atoms with Gasteiger partial charge in [-0.25, -0.2) is 0 Å². The quantitative estimate of drug-likeness (QED) is 0.827. The van der Waals surface area contributed by atoms with Crippen LogP contribution in [0.3, 0.4) is 0 Å². The van der Waals surface area contributed by atoms with Crippen molar-refractivity contribution in [2.45, 2.75) is 43.7 Å². The second-order valence-corrected chi connectivity index (χ2v) is 8.62. The number of carbonyl (C=O) groups is 2. The highest BCUT2D eigenvalue weighted by atomic mass is 16.2. The van der Waals surface area contributed by atoms with Crippen LogP contribution in [0.4, 0.5) is 5.69 Å². The molecule has 3 atom stereocenters. The van der Waals surface area contributed by atoms with Crippen molar-refractivity contribution in [2.24, 2.45) is 5.92 Å². The van der Waals surface area contributed by atoms with E-state index >= 15 is 0 Å². The van der Waals surface area contributed by atoms with Crippen molar-refractivity contribution in [3.8, 4) is 0 Å². The second-order valence-electron chi connectivity index (χ2n) is 8.62. The van der Waals surface area contributed by atoms with Crippen molar-refractivity contribution >= 4 is 17.5 Å². The number of benzene rings is 2. The number of nitrogens with zero attached hydrogens (tertiary/aromatic N) is 1. The number of nitrogens with one attached hydrogen (secondary N) is 2. The van der Waals surface area contributed by atoms with Gasteiger partial charge >= 0.3 is 0 Å². The molecular weight excluding hydrogens is 362 g/mol. The SMILES string of the molecule is CN1C(=O)CC(C(=O)N[C@H]2Cc3ccccc3[C@@H]2NCC2CC2)c2ccccc21. The lowest BCUT2D eigenvalue weighted by atomic mass is 9.88. The molecule has 2 N–H and O–H groups in total. The topological polar surface area (TPSA) is 61.4 Å². The molecule has 5 rings (SSSR count). The molecule has 29 heavy (non-hydrogen) atoms. The number of rotatable bonds is 5. The minimum Gasteiger partial charge on any atom is -0.351 e. The fraction of sp³-hybridized carbons (Fsp3) is 0.417. The van der Waals surface area contributed by atoms with Crippen LogP contribution >= 0.6 is 0 Å². The lowest BCUT2D eigenvalue weighted by molar-refractivity contribution is -0.127. The maximum atomic E-state index is 13.3. The minimum absolute atomic E-state index is 0.0121. The van der Waals surface area contributed by atoms with Crippen LogP contribution in [0.2, 0.25) is 0 Å². The van der Waals surface area contributed by atoms with Gasteiger partial charge in [0, 0.05) is 19.2 Å². The van der Waals surface area contributed by atoms with Gasteiger partial charge in [-0.2, -0.15) is 0 Å². The smallest absolute Gasteiger partial charge is 0.228 e. The van der Waals surface area contributed by atoms with Crippen LogP contribution in [0.25, 0.3) is 0 Å². The maximum absolute atomic E-state index is 13.3. The molecular formula is C24H27N3O2. The summed E-state index contributed by atoms with van der Waals surface area (Å²) in [7, 11) is 1.78. The fourth-order valence-corrected chi connectivity index (χ4v) is 4.76. The molecule has 1 heterocycles. The van der Waals surface area contributed by atoms with Crippen LogP contribution in [0.5, 0.6) is 0 Å². The van der Waals surface area contributed by atoms with Crippen molar-refractivity contribution in [3.05, 3.63) is 65.2 Å². The first-order valence-electron chi connectivity index (χ1n) is 10.6. The van der Waals surface area contributed by atoms with Crippen molar-refractivity contribution in [2.75, 3.05) is 18.5 Å². The van der Waals surface area contributed by atoms with Crippen molar-refractivity contribution in [1.82, 2.24) is 10.6 Å². The summed E-state index contributed by atoms with van der Waals surface area (Å²) in [6.45, 7) is 1.00. The molecule has 0 saturated heterocycles. The number of para-hydroxylation sites is 1. The van der Waals surface area contributed by atoms with E-state index in [0.717, 1.165) is 30.1 Å². The van der Waals surface area contributed by atoms with E-state index in [2.05, 4.69) is 34.9 Å². The first-order valence-corrected chi connectivity index (χ1v) is 10.6. The lowest BCUT2D eigenvalue weighted by Crippen LogP contribution is -2.46. The molecule has 150 valence electrons. The number of hydrogen-bond acceptors (Lipinski definition) is 3. The highest BCUT2D eigenvalue weighted by Crippen LogP contribution is 2.37. The molecule has 5 nitrogen and oxygen atoms in total. The minimum atomic E-state index is -0.428. The van der Waals surface area contributed by atoms with E-state index in [9.17, 15) is 9.59 Å². The van der Waals surface area contributed by atoms with Gasteiger partial charge in [-0.3, -0.25) is 9.59 Å². The van der Waals surface area contributed by atoms with Gasteiger partial charge < -0.3 is 15.5 Å². The average Bonchev–Trinajstić information content (AvgIpc) is 3.50. The molecule has 1 fully saturated rings. The monoisotopic (exact) mass is 389 g/mol. The Balaban J connectivity index is 1.37. The van der Waals surface area contributed by atoms with E-state index in [1.165, 1.54) is 24.0 Å². The zero-order chi connectivity index (χ0) is 20.0. The van der Waals surface area contributed by atoms with Gasteiger partial charge in [-0.05, 0) is 54.5 Å². The van der Waals surface area contributed by atoms with E-state index in [-0.39, 0.29) is 30.3 Å². The zero-order valence-corrected chi connectivity index (χ0v) is 16.7. The number of carbonyl (C=O) groups excluding carboxylic acids is 2. The molecule has 2 aromatic rings. The van der Waals surface area contributed by atoms with E-state index in [4.69, 9.17) is 0 Å². The number of fused-ring (bicyclic) bond motifs is 2. The number of anilines is 1. The Morgan fingerprint density at radius 2 is 1.76 bits per heavy atom. The molecule has 0 radical (unpaired) electrons. The first kappa shape index (κ1) is 18.4. The van der Waals surface area contributed by atoms with Crippen LogP contribution in [0.1, 0.15) is 47.9 Å². The zero-order valence-electron chi connectivity index (χ0n) is 16.7. The van der Waals surface area contributed by atoms with Crippen molar-refractivity contribution in [1.29, 1.82) is 0 Å². The Hall–Kier alpha value is -2.66. The molecule has 2 aromatic carbocycles. The van der Waals surface area contributed by atoms with Gasteiger partial charge in [-0.1, -0.05) is 42.5 Å². The summed E-state index contributed by atoms with van der Waals surface area (Å²) in [5, 5.41) is 7.00. The molecule has 1 saturated carbocycles. The van der Waals surface area contributed by atoms with E-state index < -0.39 is 5.92 Å². The molecule has 2 amide bonds. The Kier molecular flexibility index (Phi) is 4.63. The van der Waals surface area contributed by atoms with Gasteiger partial charge in [0.2, 0.25) is 11.8 Å². The van der Waals surface area contributed by atoms with Crippen LogP contribution in [-0.2, 0) is 16.0 Å². The second kappa shape index (κ2) is 7.30. The summed E-state index contributed by atoms with van der Waals surface area (Å²) in [5.41, 5.74) is 4.36. The van der Waals surface area contributed by atoms with Gasteiger partial charge in [-0.15, -0.1) is 0 Å². The molecule has 2 aliphatic carbocycles. The third-order valence-corrected chi connectivity index (χ3v) is 6.63. The summed E-state index contributed by atoms with van der Waals surface area (Å²) < 4.78 is 0.